The molecule has 2 rings (SSSR count). The van der Waals surface area contributed by atoms with E-state index in [2.05, 4.69) is 49.8 Å². The van der Waals surface area contributed by atoms with Gasteiger partial charge in [-0.3, -0.25) is 0 Å². The molecule has 0 spiro atoms. The first-order valence-corrected chi connectivity index (χ1v) is 12.1. The summed E-state index contributed by atoms with van der Waals surface area (Å²) in [4.78, 5) is 0.919. The van der Waals surface area contributed by atoms with Gasteiger partial charge >= 0.3 is 128 Å². The third-order valence-electron chi connectivity index (χ3n) is 4.54. The minimum absolute atomic E-state index is 0.475. The summed E-state index contributed by atoms with van der Waals surface area (Å²) < 4.78 is 0. The third-order valence-corrected chi connectivity index (χ3v) is 8.53. The summed E-state index contributed by atoms with van der Waals surface area (Å²) in [5.74, 6) is 5.84. The van der Waals surface area contributed by atoms with E-state index in [1.165, 1.54) is 25.7 Å². The van der Waals surface area contributed by atoms with Gasteiger partial charge in [0.05, 0.1) is 0 Å². The maximum absolute atomic E-state index is 6.06. The first-order chi connectivity index (χ1) is 8.95. The van der Waals surface area contributed by atoms with Gasteiger partial charge in [-0.05, 0) is 0 Å². The zero-order valence-electron chi connectivity index (χ0n) is 12.6. The van der Waals surface area contributed by atoms with Crippen molar-refractivity contribution in [3.8, 4) is 0 Å². The quantitative estimate of drug-likeness (QED) is 0.580. The summed E-state index contributed by atoms with van der Waals surface area (Å²) in [7, 11) is 0. The Labute approximate surface area is 127 Å². The van der Waals surface area contributed by atoms with E-state index in [4.69, 9.17) is 11.6 Å². The number of benzene rings is 1. The van der Waals surface area contributed by atoms with Crippen molar-refractivity contribution in [3.05, 3.63) is 34.9 Å². The average molecular weight is 345 g/mol. The van der Waals surface area contributed by atoms with Gasteiger partial charge in [-0.15, -0.1) is 0 Å². The first-order valence-electron chi connectivity index (χ1n) is 7.28. The van der Waals surface area contributed by atoms with Crippen molar-refractivity contribution < 1.29 is 0 Å². The average Bonchev–Trinajstić information content (AvgIpc) is 2.28. The second-order valence-corrected chi connectivity index (χ2v) is 11.8. The molecule has 0 radical (unpaired) electrons. The molecule has 0 heterocycles. The molecular weight excluding hydrogens is 319 g/mol. The van der Waals surface area contributed by atoms with Crippen molar-refractivity contribution in [3.63, 3.8) is 0 Å². The molecule has 1 atom stereocenters. The Kier molecular flexibility index (Phi) is 5.04. The van der Waals surface area contributed by atoms with Gasteiger partial charge in [-0.1, -0.05) is 0 Å². The van der Waals surface area contributed by atoms with Crippen LogP contribution >= 0.6 is 11.6 Å². The van der Waals surface area contributed by atoms with Crippen molar-refractivity contribution in [2.24, 2.45) is 5.92 Å². The molecular formula is C17H26ClSe+. The van der Waals surface area contributed by atoms with Crippen LogP contribution in [-0.2, 0) is 5.41 Å². The van der Waals surface area contributed by atoms with Gasteiger partial charge in [0, 0.05) is 0 Å². The number of halogens is 1. The number of hydrogen-bond donors (Lipinski definition) is 0. The van der Waals surface area contributed by atoms with Crippen LogP contribution in [0.1, 0.15) is 45.1 Å². The van der Waals surface area contributed by atoms with E-state index >= 15 is 0 Å². The Balaban J connectivity index is 2.31. The van der Waals surface area contributed by atoms with E-state index in [-0.39, 0.29) is 0 Å². The van der Waals surface area contributed by atoms with Crippen LogP contribution in [0.25, 0.3) is 0 Å². The molecule has 19 heavy (non-hydrogen) atoms. The Morgan fingerprint density at radius 3 is 2.11 bits per heavy atom. The van der Waals surface area contributed by atoms with Gasteiger partial charge in [0.1, 0.15) is 0 Å². The van der Waals surface area contributed by atoms with E-state index in [0.29, 0.717) is 5.41 Å². The van der Waals surface area contributed by atoms with Crippen LogP contribution in [0.4, 0.5) is 0 Å². The zero-order valence-corrected chi connectivity index (χ0v) is 15.0. The normalized spacial score (nSPS) is 19.5. The van der Waals surface area contributed by atoms with Crippen molar-refractivity contribution >= 4 is 25.5 Å². The van der Waals surface area contributed by atoms with Gasteiger partial charge in [0.25, 0.3) is 0 Å². The van der Waals surface area contributed by atoms with Crippen molar-refractivity contribution in [2.75, 3.05) is 0 Å². The van der Waals surface area contributed by atoms with Crippen LogP contribution in [-0.4, -0.2) is 13.9 Å². The monoisotopic (exact) mass is 345 g/mol. The first kappa shape index (κ1) is 15.4. The summed E-state index contributed by atoms with van der Waals surface area (Å²) >= 11 is 5.55. The molecule has 1 aromatic rings. The molecule has 1 saturated carbocycles. The molecule has 0 N–H and O–H groups in total. The summed E-state index contributed by atoms with van der Waals surface area (Å²) in [5, 5.41) is 0.860. The fourth-order valence-electron chi connectivity index (χ4n) is 3.43. The molecule has 1 unspecified atom stereocenters. The molecule has 0 aliphatic heterocycles. The van der Waals surface area contributed by atoms with Gasteiger partial charge in [0.15, 0.2) is 0 Å². The molecule has 0 aromatic heterocycles. The summed E-state index contributed by atoms with van der Waals surface area (Å²) in [6, 6.07) is 8.71. The number of hydrogen-bond acceptors (Lipinski definition) is 0. The van der Waals surface area contributed by atoms with Gasteiger partial charge in [-0.25, -0.2) is 0 Å². The van der Waals surface area contributed by atoms with E-state index in [9.17, 15) is 0 Å². The van der Waals surface area contributed by atoms with Gasteiger partial charge in [-0.2, -0.15) is 0 Å². The summed E-state index contributed by atoms with van der Waals surface area (Å²) in [6.07, 6.45) is 5.55. The SMILES string of the molecule is CC(C)CC([Se+](C)C)C1(c2ccc(Cl)cc2)CCC1. The van der Waals surface area contributed by atoms with Crippen LogP contribution in [0, 0.1) is 5.92 Å². The molecule has 0 saturated heterocycles. The molecule has 106 valence electrons. The Bertz CT molecular complexity index is 404. The van der Waals surface area contributed by atoms with Crippen molar-refractivity contribution in [1.29, 1.82) is 0 Å². The standard InChI is InChI=1S/C17H26ClSe/c1-13(2)12-16(19(3)4)17(10-5-11-17)14-6-8-15(18)9-7-14/h6-9,13,16H,5,10-12H2,1-4H3/q+1. The second-order valence-electron chi connectivity index (χ2n) is 6.51. The summed E-state index contributed by atoms with van der Waals surface area (Å²) in [5.41, 5.74) is 2.02. The van der Waals surface area contributed by atoms with Crippen molar-refractivity contribution in [2.45, 2.75) is 61.4 Å². The minimum atomic E-state index is -0.508. The van der Waals surface area contributed by atoms with E-state index in [1.54, 1.807) is 5.56 Å². The Hall–Kier alpha value is 0.0295. The molecule has 1 aromatic carbocycles. The van der Waals surface area contributed by atoms with E-state index in [1.807, 2.05) is 0 Å². The van der Waals surface area contributed by atoms with Gasteiger partial charge < -0.3 is 0 Å². The maximum atomic E-state index is 6.06. The number of rotatable bonds is 5. The van der Waals surface area contributed by atoms with Crippen molar-refractivity contribution in [1.82, 2.24) is 0 Å². The zero-order chi connectivity index (χ0) is 14.0. The Morgan fingerprint density at radius 1 is 1.16 bits per heavy atom. The molecule has 0 bridgehead atoms. The predicted octanol–water partition coefficient (Wildman–Crippen LogP) is 5.93. The van der Waals surface area contributed by atoms with Crippen LogP contribution in [0.15, 0.2) is 24.3 Å². The fraction of sp³-hybridized carbons (Fsp3) is 0.647. The predicted molar refractivity (Wildman–Crippen MR) is 87.7 cm³/mol. The van der Waals surface area contributed by atoms with Crippen LogP contribution in [0.5, 0.6) is 0 Å². The van der Waals surface area contributed by atoms with Crippen LogP contribution in [0.2, 0.25) is 21.5 Å². The van der Waals surface area contributed by atoms with Crippen LogP contribution in [0.3, 0.4) is 0 Å². The van der Waals surface area contributed by atoms with Crippen LogP contribution < -0.4 is 0 Å². The summed E-state index contributed by atoms with van der Waals surface area (Å²) in [6.45, 7) is 4.74. The molecule has 1 fully saturated rings. The fourth-order valence-corrected chi connectivity index (χ4v) is 7.85. The molecule has 1 aliphatic carbocycles. The topological polar surface area (TPSA) is 0 Å². The molecule has 1 aliphatic rings. The molecule has 0 amide bonds. The van der Waals surface area contributed by atoms with E-state index < -0.39 is 13.9 Å². The van der Waals surface area contributed by atoms with E-state index in [0.717, 1.165) is 15.8 Å². The molecule has 0 nitrogen and oxygen atoms in total. The third kappa shape index (κ3) is 3.20. The second kappa shape index (κ2) is 6.20. The Morgan fingerprint density at radius 2 is 1.74 bits per heavy atom. The van der Waals surface area contributed by atoms with Gasteiger partial charge in [0.2, 0.25) is 0 Å². The molecule has 2 heteroatoms.